The highest BCUT2D eigenvalue weighted by Crippen LogP contribution is 2.30. The number of hydrogen-bond donors (Lipinski definition) is 1. The Hall–Kier alpha value is -2.71. The number of thiol groups is 1. The van der Waals surface area contributed by atoms with E-state index in [4.69, 9.17) is 16.1 Å². The highest BCUT2D eigenvalue weighted by atomic mass is 35.5. The fourth-order valence-electron chi connectivity index (χ4n) is 2.75. The maximum atomic E-state index is 6.03. The molecule has 0 amide bonds. The molecule has 0 aliphatic heterocycles. The lowest BCUT2D eigenvalue weighted by atomic mass is 10.2. The first-order chi connectivity index (χ1) is 13.2. The maximum Gasteiger partial charge on any atom is 0.247 e. The van der Waals surface area contributed by atoms with E-state index in [-0.39, 0.29) is 0 Å². The molecular weight excluding hydrogens is 384 g/mol. The van der Waals surface area contributed by atoms with Gasteiger partial charge < -0.3 is 9.09 Å². The lowest BCUT2D eigenvalue weighted by Gasteiger charge is -2.09. The van der Waals surface area contributed by atoms with Crippen molar-refractivity contribution >= 4 is 24.2 Å². The van der Waals surface area contributed by atoms with Crippen molar-refractivity contribution in [3.8, 4) is 22.8 Å². The molecule has 3 heterocycles. The first-order valence-electron chi connectivity index (χ1n) is 8.28. The van der Waals surface area contributed by atoms with Gasteiger partial charge in [-0.3, -0.25) is 4.98 Å². The van der Waals surface area contributed by atoms with Crippen molar-refractivity contribution in [1.82, 2.24) is 29.9 Å². The van der Waals surface area contributed by atoms with Crippen LogP contribution in [0.15, 0.2) is 53.3 Å². The Morgan fingerprint density at radius 3 is 2.70 bits per heavy atom. The topological polar surface area (TPSA) is 82.5 Å². The number of benzene rings is 1. The summed E-state index contributed by atoms with van der Waals surface area (Å²) in [7, 11) is 0. The Balaban J connectivity index is 1.68. The average molecular weight is 399 g/mol. The second kappa shape index (κ2) is 7.50. The average Bonchev–Trinajstić information content (AvgIpc) is 3.35. The second-order valence-corrected chi connectivity index (χ2v) is 6.68. The van der Waals surface area contributed by atoms with Crippen molar-refractivity contribution < 1.29 is 4.52 Å². The molecule has 4 aromatic rings. The van der Waals surface area contributed by atoms with Gasteiger partial charge in [-0.25, -0.2) is 0 Å². The van der Waals surface area contributed by atoms with Gasteiger partial charge in [-0.1, -0.05) is 28.9 Å². The van der Waals surface area contributed by atoms with Crippen LogP contribution < -0.4 is 0 Å². The number of hydrogen-bond acceptors (Lipinski definition) is 7. The Morgan fingerprint density at radius 1 is 1.15 bits per heavy atom. The van der Waals surface area contributed by atoms with Crippen molar-refractivity contribution in [2.24, 2.45) is 0 Å². The summed E-state index contributed by atoms with van der Waals surface area (Å²) in [5.74, 6) is 2.16. The van der Waals surface area contributed by atoms with Gasteiger partial charge in [0.25, 0.3) is 0 Å². The Labute approximate surface area is 165 Å². The third-order valence-electron chi connectivity index (χ3n) is 4.04. The molecule has 0 spiro atoms. The van der Waals surface area contributed by atoms with Gasteiger partial charge in [-0.2, -0.15) is 17.6 Å². The molecule has 0 saturated carbocycles. The van der Waals surface area contributed by atoms with Crippen molar-refractivity contribution in [2.45, 2.75) is 18.7 Å². The molecule has 0 fully saturated rings. The highest BCUT2D eigenvalue weighted by Gasteiger charge is 2.25. The minimum Gasteiger partial charge on any atom is -0.337 e. The maximum absolute atomic E-state index is 6.03. The molecule has 7 nitrogen and oxygen atoms in total. The van der Waals surface area contributed by atoms with Gasteiger partial charge in [-0.05, 0) is 31.2 Å². The van der Waals surface area contributed by atoms with E-state index in [1.165, 1.54) is 0 Å². The van der Waals surface area contributed by atoms with Crippen LogP contribution in [0, 0.1) is 0 Å². The minimum absolute atomic E-state index is 0.344. The van der Waals surface area contributed by atoms with Crippen LogP contribution in [0.3, 0.4) is 0 Å². The van der Waals surface area contributed by atoms with Crippen LogP contribution in [0.4, 0.5) is 0 Å². The molecule has 1 atom stereocenters. The zero-order chi connectivity index (χ0) is 18.8. The molecule has 0 N–H and O–H groups in total. The monoisotopic (exact) mass is 398 g/mol. The molecule has 9 heteroatoms. The molecule has 136 valence electrons. The Bertz CT molecular complexity index is 1060. The lowest BCUT2D eigenvalue weighted by Crippen LogP contribution is -2.07. The first kappa shape index (κ1) is 17.7. The molecule has 0 radical (unpaired) electrons. The normalized spacial score (nSPS) is 12.3. The summed E-state index contributed by atoms with van der Waals surface area (Å²) in [6.45, 7) is 2.69. The van der Waals surface area contributed by atoms with E-state index in [0.717, 1.165) is 17.0 Å². The van der Waals surface area contributed by atoms with E-state index in [1.807, 2.05) is 35.8 Å². The van der Waals surface area contributed by atoms with Crippen molar-refractivity contribution in [2.75, 3.05) is 0 Å². The summed E-state index contributed by atoms with van der Waals surface area (Å²) in [5.41, 5.74) is 1.70. The number of pyridine rings is 1. The molecule has 3 aromatic heterocycles. The van der Waals surface area contributed by atoms with Gasteiger partial charge in [-0.15, -0.1) is 10.2 Å². The van der Waals surface area contributed by atoms with Gasteiger partial charge in [0.1, 0.15) is 5.25 Å². The van der Waals surface area contributed by atoms with E-state index < -0.39 is 5.25 Å². The van der Waals surface area contributed by atoms with Crippen LogP contribution in [0.2, 0.25) is 5.02 Å². The van der Waals surface area contributed by atoms with Crippen molar-refractivity contribution in [3.63, 3.8) is 0 Å². The van der Waals surface area contributed by atoms with E-state index in [2.05, 4.69) is 38.0 Å². The highest BCUT2D eigenvalue weighted by molar-refractivity contribution is 7.80. The third kappa shape index (κ3) is 3.45. The van der Waals surface area contributed by atoms with E-state index in [9.17, 15) is 0 Å². The van der Waals surface area contributed by atoms with Gasteiger partial charge in [0.15, 0.2) is 11.6 Å². The largest absolute Gasteiger partial charge is 0.337 e. The number of rotatable bonds is 5. The quantitative estimate of drug-likeness (QED) is 0.510. The van der Waals surface area contributed by atoms with Crippen molar-refractivity contribution in [3.05, 3.63) is 65.5 Å². The van der Waals surface area contributed by atoms with Crippen molar-refractivity contribution in [1.29, 1.82) is 0 Å². The number of nitrogens with zero attached hydrogens (tertiary/aromatic N) is 6. The Kier molecular flexibility index (Phi) is 4.91. The van der Waals surface area contributed by atoms with E-state index >= 15 is 0 Å². The predicted molar refractivity (Wildman–Crippen MR) is 104 cm³/mol. The number of halogens is 1. The minimum atomic E-state index is -0.506. The Morgan fingerprint density at radius 2 is 1.96 bits per heavy atom. The third-order valence-corrected chi connectivity index (χ3v) is 4.72. The summed E-state index contributed by atoms with van der Waals surface area (Å²) < 4.78 is 7.39. The van der Waals surface area contributed by atoms with Gasteiger partial charge in [0, 0.05) is 35.1 Å². The summed E-state index contributed by atoms with van der Waals surface area (Å²) >= 11 is 10.7. The smallest absolute Gasteiger partial charge is 0.247 e. The molecule has 27 heavy (non-hydrogen) atoms. The van der Waals surface area contributed by atoms with Gasteiger partial charge in [0.2, 0.25) is 11.7 Å². The predicted octanol–water partition coefficient (Wildman–Crippen LogP) is 4.08. The zero-order valence-corrected chi connectivity index (χ0v) is 16.0. The van der Waals surface area contributed by atoms with Gasteiger partial charge >= 0.3 is 0 Å². The van der Waals surface area contributed by atoms with Crippen LogP contribution in [0.5, 0.6) is 0 Å². The molecule has 4 rings (SSSR count). The summed E-state index contributed by atoms with van der Waals surface area (Å²) in [5, 5.41) is 12.7. The molecule has 0 aliphatic carbocycles. The SMILES string of the molecule is CCn1c(-c2ccncc2)nnc1C(S)c1nc(-c2cccc(Cl)c2)no1. The van der Waals surface area contributed by atoms with Crippen LogP contribution in [-0.2, 0) is 6.54 Å². The molecule has 0 saturated heterocycles. The fraction of sp³-hybridized carbons (Fsp3) is 0.167. The fourth-order valence-corrected chi connectivity index (χ4v) is 3.23. The van der Waals surface area contributed by atoms with Crippen LogP contribution in [0.1, 0.15) is 23.9 Å². The zero-order valence-electron chi connectivity index (χ0n) is 14.3. The number of aromatic nitrogens is 6. The van der Waals surface area contributed by atoms with E-state index in [0.29, 0.717) is 29.1 Å². The molecule has 1 aromatic carbocycles. The lowest BCUT2D eigenvalue weighted by molar-refractivity contribution is 0.381. The summed E-state index contributed by atoms with van der Waals surface area (Å²) in [4.78, 5) is 8.49. The summed E-state index contributed by atoms with van der Waals surface area (Å²) in [6, 6.07) is 11.0. The molecular formula is C18H15ClN6OS. The molecule has 0 aliphatic rings. The van der Waals surface area contributed by atoms with Crippen LogP contribution in [0.25, 0.3) is 22.8 Å². The second-order valence-electron chi connectivity index (χ2n) is 5.73. The molecule has 0 bridgehead atoms. The molecule has 1 unspecified atom stereocenters. The summed E-state index contributed by atoms with van der Waals surface area (Å²) in [6.07, 6.45) is 3.44. The standard InChI is InChI=1S/C18H15ClN6OS/c1-2-25-16(11-6-8-20-9-7-11)22-23-17(25)14(27)18-21-15(24-26-18)12-4-3-5-13(19)10-12/h3-10,14,27H,2H2,1H3. The van der Waals surface area contributed by atoms with Crippen LogP contribution in [-0.4, -0.2) is 29.9 Å². The van der Waals surface area contributed by atoms with E-state index in [1.54, 1.807) is 24.5 Å². The first-order valence-corrected chi connectivity index (χ1v) is 9.18. The van der Waals surface area contributed by atoms with Gasteiger partial charge in [0.05, 0.1) is 0 Å². The van der Waals surface area contributed by atoms with Crippen LogP contribution >= 0.6 is 24.2 Å².